The van der Waals surface area contributed by atoms with E-state index in [4.69, 9.17) is 4.42 Å². The molecule has 0 bridgehead atoms. The Morgan fingerprint density at radius 2 is 2.32 bits per heavy atom. The molecule has 1 N–H and O–H groups in total. The number of carbonyl (C=O) groups is 1. The third-order valence-corrected chi connectivity index (χ3v) is 3.96. The van der Waals surface area contributed by atoms with Crippen LogP contribution in [0.1, 0.15) is 37.7 Å². The maximum absolute atomic E-state index is 12.7. The number of furan rings is 1. The summed E-state index contributed by atoms with van der Waals surface area (Å²) in [6.45, 7) is 6.37. The molecular weight excluding hydrogens is 240 g/mol. The van der Waals surface area contributed by atoms with Crippen LogP contribution in [0, 0.1) is 12.3 Å². The summed E-state index contributed by atoms with van der Waals surface area (Å²) in [4.78, 5) is 14.5. The van der Waals surface area contributed by atoms with Gasteiger partial charge in [-0.05, 0) is 38.4 Å². The average Bonchev–Trinajstić information content (AvgIpc) is 2.99. The fourth-order valence-corrected chi connectivity index (χ4v) is 3.01. The quantitative estimate of drug-likeness (QED) is 0.887. The standard InChI is InChI=1S/C15H24N2O2/c1-4-7-15(8-9-16-11-15)14(18)17(3)10-13-6-5-12(2)19-13/h5-6,16H,4,7-11H2,1-3H3. The molecule has 2 heterocycles. The van der Waals surface area contributed by atoms with Gasteiger partial charge in [-0.1, -0.05) is 13.3 Å². The highest BCUT2D eigenvalue weighted by Crippen LogP contribution is 2.33. The lowest BCUT2D eigenvalue weighted by Crippen LogP contribution is -2.43. The Morgan fingerprint density at radius 1 is 1.53 bits per heavy atom. The second-order valence-corrected chi connectivity index (χ2v) is 5.63. The zero-order chi connectivity index (χ0) is 13.9. The van der Waals surface area contributed by atoms with Gasteiger partial charge in [0.1, 0.15) is 11.5 Å². The summed E-state index contributed by atoms with van der Waals surface area (Å²) in [6.07, 6.45) is 2.95. The van der Waals surface area contributed by atoms with Gasteiger partial charge in [0.25, 0.3) is 0 Å². The van der Waals surface area contributed by atoms with Gasteiger partial charge in [-0.3, -0.25) is 4.79 Å². The summed E-state index contributed by atoms with van der Waals surface area (Å²) in [6, 6.07) is 3.88. The Labute approximate surface area is 115 Å². The third kappa shape index (κ3) is 3.00. The molecule has 106 valence electrons. The van der Waals surface area contributed by atoms with Crippen LogP contribution in [0.3, 0.4) is 0 Å². The fourth-order valence-electron chi connectivity index (χ4n) is 3.01. The molecule has 1 aromatic rings. The number of carbonyl (C=O) groups excluding carboxylic acids is 1. The third-order valence-electron chi connectivity index (χ3n) is 3.96. The molecule has 1 aliphatic heterocycles. The van der Waals surface area contributed by atoms with Gasteiger partial charge in [0, 0.05) is 13.6 Å². The minimum absolute atomic E-state index is 0.203. The maximum Gasteiger partial charge on any atom is 0.230 e. The number of nitrogens with one attached hydrogen (secondary N) is 1. The van der Waals surface area contributed by atoms with Crippen molar-refractivity contribution >= 4 is 5.91 Å². The molecule has 4 heteroatoms. The number of amides is 1. The number of aryl methyl sites for hydroxylation is 1. The topological polar surface area (TPSA) is 45.5 Å². The predicted molar refractivity (Wildman–Crippen MR) is 74.7 cm³/mol. The highest BCUT2D eigenvalue weighted by molar-refractivity contribution is 5.83. The molecule has 19 heavy (non-hydrogen) atoms. The largest absolute Gasteiger partial charge is 0.464 e. The van der Waals surface area contributed by atoms with Crippen molar-refractivity contribution in [3.63, 3.8) is 0 Å². The van der Waals surface area contributed by atoms with Gasteiger partial charge in [-0.25, -0.2) is 0 Å². The molecule has 1 fully saturated rings. The Morgan fingerprint density at radius 3 is 2.84 bits per heavy atom. The molecule has 1 aliphatic rings. The van der Waals surface area contributed by atoms with E-state index in [9.17, 15) is 4.79 Å². The average molecular weight is 264 g/mol. The van der Waals surface area contributed by atoms with Gasteiger partial charge in [-0.15, -0.1) is 0 Å². The van der Waals surface area contributed by atoms with E-state index < -0.39 is 0 Å². The molecular formula is C15H24N2O2. The zero-order valence-electron chi connectivity index (χ0n) is 12.2. The summed E-state index contributed by atoms with van der Waals surface area (Å²) in [5.41, 5.74) is -0.203. The molecule has 0 aliphatic carbocycles. The van der Waals surface area contributed by atoms with Gasteiger partial charge >= 0.3 is 0 Å². The van der Waals surface area contributed by atoms with Crippen LogP contribution in [0.5, 0.6) is 0 Å². The summed E-state index contributed by atoms with van der Waals surface area (Å²) < 4.78 is 5.55. The van der Waals surface area contributed by atoms with Crippen LogP contribution in [0.4, 0.5) is 0 Å². The summed E-state index contributed by atoms with van der Waals surface area (Å²) in [7, 11) is 1.87. The molecule has 1 atom stereocenters. The van der Waals surface area contributed by atoms with E-state index in [2.05, 4.69) is 12.2 Å². The van der Waals surface area contributed by atoms with Crippen molar-refractivity contribution in [2.24, 2.45) is 5.41 Å². The lowest BCUT2D eigenvalue weighted by Gasteiger charge is -2.31. The minimum Gasteiger partial charge on any atom is -0.464 e. The van der Waals surface area contributed by atoms with Crippen molar-refractivity contribution < 1.29 is 9.21 Å². The van der Waals surface area contributed by atoms with Gasteiger partial charge in [0.2, 0.25) is 5.91 Å². The molecule has 2 rings (SSSR count). The van der Waals surface area contributed by atoms with Gasteiger partial charge in [0.15, 0.2) is 0 Å². The van der Waals surface area contributed by atoms with Crippen molar-refractivity contribution in [1.29, 1.82) is 0 Å². The van der Waals surface area contributed by atoms with Gasteiger partial charge in [-0.2, -0.15) is 0 Å². The summed E-state index contributed by atoms with van der Waals surface area (Å²) in [5, 5.41) is 3.33. The molecule has 1 amide bonds. The summed E-state index contributed by atoms with van der Waals surface area (Å²) in [5.74, 6) is 1.99. The van der Waals surface area contributed by atoms with Crippen LogP contribution in [-0.4, -0.2) is 30.9 Å². The number of rotatable bonds is 5. The maximum atomic E-state index is 12.7. The molecule has 1 aromatic heterocycles. The van der Waals surface area contributed by atoms with Crippen LogP contribution in [-0.2, 0) is 11.3 Å². The fraction of sp³-hybridized carbons (Fsp3) is 0.667. The minimum atomic E-state index is -0.203. The van der Waals surface area contributed by atoms with E-state index in [0.29, 0.717) is 6.54 Å². The van der Waals surface area contributed by atoms with Crippen molar-refractivity contribution in [3.05, 3.63) is 23.7 Å². The van der Waals surface area contributed by atoms with E-state index in [-0.39, 0.29) is 11.3 Å². The van der Waals surface area contributed by atoms with E-state index in [0.717, 1.165) is 43.9 Å². The highest BCUT2D eigenvalue weighted by Gasteiger charge is 2.41. The van der Waals surface area contributed by atoms with Crippen molar-refractivity contribution in [3.8, 4) is 0 Å². The number of hydrogen-bond acceptors (Lipinski definition) is 3. The zero-order valence-corrected chi connectivity index (χ0v) is 12.2. The van der Waals surface area contributed by atoms with E-state index in [1.165, 1.54) is 0 Å². The lowest BCUT2D eigenvalue weighted by molar-refractivity contribution is -0.141. The Hall–Kier alpha value is -1.29. The molecule has 1 unspecified atom stereocenters. The van der Waals surface area contributed by atoms with Crippen molar-refractivity contribution in [2.45, 2.75) is 39.7 Å². The second kappa shape index (κ2) is 5.78. The smallest absolute Gasteiger partial charge is 0.230 e. The SMILES string of the molecule is CCCC1(C(=O)N(C)Cc2ccc(C)o2)CCNC1. The molecule has 4 nitrogen and oxygen atoms in total. The van der Waals surface area contributed by atoms with Crippen LogP contribution >= 0.6 is 0 Å². The Kier molecular flexibility index (Phi) is 4.30. The van der Waals surface area contributed by atoms with Crippen LogP contribution in [0.15, 0.2) is 16.5 Å². The first-order chi connectivity index (χ1) is 9.07. The first kappa shape index (κ1) is 14.1. The molecule has 0 radical (unpaired) electrons. The van der Waals surface area contributed by atoms with E-state index in [1.807, 2.05) is 26.1 Å². The molecule has 0 aromatic carbocycles. The van der Waals surface area contributed by atoms with Crippen molar-refractivity contribution in [1.82, 2.24) is 10.2 Å². The monoisotopic (exact) mass is 264 g/mol. The molecule has 1 saturated heterocycles. The van der Waals surface area contributed by atoms with Crippen LogP contribution < -0.4 is 5.32 Å². The Bertz CT molecular complexity index is 433. The lowest BCUT2D eigenvalue weighted by atomic mass is 9.81. The van der Waals surface area contributed by atoms with Gasteiger partial charge < -0.3 is 14.6 Å². The number of nitrogens with zero attached hydrogens (tertiary/aromatic N) is 1. The highest BCUT2D eigenvalue weighted by atomic mass is 16.3. The molecule has 0 saturated carbocycles. The summed E-state index contributed by atoms with van der Waals surface area (Å²) >= 11 is 0. The Balaban J connectivity index is 2.04. The van der Waals surface area contributed by atoms with Gasteiger partial charge in [0.05, 0.1) is 12.0 Å². The van der Waals surface area contributed by atoms with Crippen molar-refractivity contribution in [2.75, 3.05) is 20.1 Å². The predicted octanol–water partition coefficient (Wildman–Crippen LogP) is 2.33. The number of hydrogen-bond donors (Lipinski definition) is 1. The van der Waals surface area contributed by atoms with E-state index in [1.54, 1.807) is 4.90 Å². The first-order valence-electron chi connectivity index (χ1n) is 7.09. The van der Waals surface area contributed by atoms with Crippen LogP contribution in [0.2, 0.25) is 0 Å². The molecule has 0 spiro atoms. The van der Waals surface area contributed by atoms with Crippen LogP contribution in [0.25, 0.3) is 0 Å². The van der Waals surface area contributed by atoms with E-state index >= 15 is 0 Å². The second-order valence-electron chi connectivity index (χ2n) is 5.63. The first-order valence-corrected chi connectivity index (χ1v) is 7.09. The normalized spacial score (nSPS) is 22.7.